The van der Waals surface area contributed by atoms with Crippen molar-refractivity contribution in [3.63, 3.8) is 0 Å². The van der Waals surface area contributed by atoms with E-state index in [1.807, 2.05) is 13.0 Å². The number of phenolic OH excluding ortho intramolecular Hbond substituents is 1. The molecule has 1 aliphatic carbocycles. The Morgan fingerprint density at radius 3 is 2.52 bits per heavy atom. The number of hydrogen-bond acceptors (Lipinski definition) is 4. The molecule has 0 bridgehead atoms. The van der Waals surface area contributed by atoms with Crippen LogP contribution < -0.4 is 10.1 Å². The van der Waals surface area contributed by atoms with Crippen LogP contribution in [0.1, 0.15) is 57.1 Å². The number of methoxy groups -OCH3 is 1. The lowest BCUT2D eigenvalue weighted by Crippen LogP contribution is -2.41. The van der Waals surface area contributed by atoms with Gasteiger partial charge in [0.15, 0.2) is 0 Å². The Labute approximate surface area is 127 Å². The van der Waals surface area contributed by atoms with Crippen molar-refractivity contribution in [2.24, 2.45) is 0 Å². The number of aliphatic hydroxyl groups is 1. The lowest BCUT2D eigenvalue weighted by atomic mass is 9.94. The van der Waals surface area contributed by atoms with E-state index in [2.05, 4.69) is 5.32 Å². The van der Waals surface area contributed by atoms with Crippen molar-refractivity contribution in [3.05, 3.63) is 23.8 Å². The Bertz CT molecular complexity index is 453. The van der Waals surface area contributed by atoms with E-state index in [0.29, 0.717) is 6.54 Å². The maximum Gasteiger partial charge on any atom is 0.120 e. The summed E-state index contributed by atoms with van der Waals surface area (Å²) in [6.07, 6.45) is 6.34. The average Bonchev–Trinajstić information content (AvgIpc) is 2.71. The third kappa shape index (κ3) is 4.35. The molecule has 0 aliphatic heterocycles. The first kappa shape index (κ1) is 16.1. The third-order valence-electron chi connectivity index (χ3n) is 4.47. The summed E-state index contributed by atoms with van der Waals surface area (Å²) in [5.41, 5.74) is 0.186. The van der Waals surface area contributed by atoms with Crippen molar-refractivity contribution in [1.82, 2.24) is 5.32 Å². The largest absolute Gasteiger partial charge is 0.508 e. The van der Waals surface area contributed by atoms with Gasteiger partial charge in [-0.3, -0.25) is 0 Å². The number of benzene rings is 1. The summed E-state index contributed by atoms with van der Waals surface area (Å²) in [6, 6.07) is 5.19. The van der Waals surface area contributed by atoms with Crippen LogP contribution in [0, 0.1) is 0 Å². The second-order valence-electron chi connectivity index (χ2n) is 6.17. The van der Waals surface area contributed by atoms with Gasteiger partial charge in [-0.1, -0.05) is 25.7 Å². The SMILES string of the molecule is COc1ccc(O)c(C(C)NCC2(O)CCCCCC2)c1. The topological polar surface area (TPSA) is 61.7 Å². The van der Waals surface area contributed by atoms with Gasteiger partial charge in [0.05, 0.1) is 12.7 Å². The number of nitrogens with one attached hydrogen (secondary N) is 1. The predicted octanol–water partition coefficient (Wildman–Crippen LogP) is 3.14. The zero-order valence-corrected chi connectivity index (χ0v) is 13.1. The van der Waals surface area contributed by atoms with Crippen LogP contribution >= 0.6 is 0 Å². The molecule has 1 saturated carbocycles. The van der Waals surface area contributed by atoms with E-state index < -0.39 is 5.60 Å². The molecule has 0 saturated heterocycles. The van der Waals surface area contributed by atoms with E-state index in [1.54, 1.807) is 19.2 Å². The standard InChI is InChI=1S/C17H27NO3/c1-13(15-11-14(21-2)7-8-16(15)19)18-12-17(20)9-5-3-4-6-10-17/h7-8,11,13,18-20H,3-6,9-10,12H2,1-2H3. The molecule has 1 aromatic rings. The fourth-order valence-corrected chi connectivity index (χ4v) is 3.02. The predicted molar refractivity (Wildman–Crippen MR) is 83.7 cm³/mol. The van der Waals surface area contributed by atoms with Gasteiger partial charge in [0.25, 0.3) is 0 Å². The summed E-state index contributed by atoms with van der Waals surface area (Å²) in [5, 5.41) is 24.0. The van der Waals surface area contributed by atoms with E-state index >= 15 is 0 Å². The summed E-state index contributed by atoms with van der Waals surface area (Å²) < 4.78 is 5.20. The fourth-order valence-electron chi connectivity index (χ4n) is 3.02. The van der Waals surface area contributed by atoms with Crippen molar-refractivity contribution in [3.8, 4) is 11.5 Å². The molecule has 0 spiro atoms. The summed E-state index contributed by atoms with van der Waals surface area (Å²) >= 11 is 0. The molecule has 2 rings (SSSR count). The lowest BCUT2D eigenvalue weighted by Gasteiger charge is -2.29. The smallest absolute Gasteiger partial charge is 0.120 e. The van der Waals surface area contributed by atoms with Crippen LogP contribution in [0.15, 0.2) is 18.2 Å². The van der Waals surface area contributed by atoms with Gasteiger partial charge in [-0.15, -0.1) is 0 Å². The molecule has 4 heteroatoms. The van der Waals surface area contributed by atoms with Gasteiger partial charge in [0.1, 0.15) is 11.5 Å². The number of ether oxygens (including phenoxy) is 1. The molecule has 1 fully saturated rings. The molecule has 3 N–H and O–H groups in total. The molecule has 1 aliphatic rings. The van der Waals surface area contributed by atoms with Crippen LogP contribution in [-0.2, 0) is 0 Å². The van der Waals surface area contributed by atoms with Gasteiger partial charge < -0.3 is 20.3 Å². The molecule has 1 atom stereocenters. The molecular formula is C17H27NO3. The molecule has 21 heavy (non-hydrogen) atoms. The molecule has 4 nitrogen and oxygen atoms in total. The monoisotopic (exact) mass is 293 g/mol. The summed E-state index contributed by atoms with van der Waals surface area (Å²) in [7, 11) is 1.61. The van der Waals surface area contributed by atoms with Gasteiger partial charge >= 0.3 is 0 Å². The number of hydrogen-bond donors (Lipinski definition) is 3. The van der Waals surface area contributed by atoms with Crippen molar-refractivity contribution in [2.45, 2.75) is 57.1 Å². The second kappa shape index (κ2) is 7.14. The minimum Gasteiger partial charge on any atom is -0.508 e. The van der Waals surface area contributed by atoms with E-state index in [-0.39, 0.29) is 11.8 Å². The average molecular weight is 293 g/mol. The normalized spacial score (nSPS) is 19.8. The van der Waals surface area contributed by atoms with E-state index in [1.165, 1.54) is 12.8 Å². The summed E-state index contributed by atoms with van der Waals surface area (Å²) in [4.78, 5) is 0. The maximum absolute atomic E-state index is 10.7. The maximum atomic E-state index is 10.7. The Kier molecular flexibility index (Phi) is 5.48. The van der Waals surface area contributed by atoms with Crippen LogP contribution in [0.2, 0.25) is 0 Å². The van der Waals surface area contributed by atoms with Gasteiger partial charge in [-0.05, 0) is 38.0 Å². The first-order valence-electron chi connectivity index (χ1n) is 7.87. The zero-order chi connectivity index (χ0) is 15.3. The van der Waals surface area contributed by atoms with Gasteiger partial charge in [-0.2, -0.15) is 0 Å². The molecule has 0 heterocycles. The van der Waals surface area contributed by atoms with Crippen LogP contribution in [0.5, 0.6) is 11.5 Å². The minimum atomic E-state index is -0.612. The Morgan fingerprint density at radius 1 is 1.24 bits per heavy atom. The molecule has 1 aromatic carbocycles. The molecule has 118 valence electrons. The highest BCUT2D eigenvalue weighted by molar-refractivity contribution is 5.41. The lowest BCUT2D eigenvalue weighted by molar-refractivity contribution is 0.0231. The molecule has 1 unspecified atom stereocenters. The van der Waals surface area contributed by atoms with Gasteiger partial charge in [0.2, 0.25) is 0 Å². The summed E-state index contributed by atoms with van der Waals surface area (Å²) in [5.74, 6) is 0.980. The zero-order valence-electron chi connectivity index (χ0n) is 13.1. The van der Waals surface area contributed by atoms with Crippen molar-refractivity contribution < 1.29 is 14.9 Å². The van der Waals surface area contributed by atoms with E-state index in [0.717, 1.165) is 37.0 Å². The second-order valence-corrected chi connectivity index (χ2v) is 6.17. The van der Waals surface area contributed by atoms with Crippen molar-refractivity contribution >= 4 is 0 Å². The Hall–Kier alpha value is -1.26. The van der Waals surface area contributed by atoms with Crippen LogP contribution in [0.25, 0.3) is 0 Å². The quantitative estimate of drug-likeness (QED) is 0.730. The Morgan fingerprint density at radius 2 is 1.90 bits per heavy atom. The highest BCUT2D eigenvalue weighted by Gasteiger charge is 2.28. The number of aromatic hydroxyl groups is 1. The number of rotatable bonds is 5. The third-order valence-corrected chi connectivity index (χ3v) is 4.47. The van der Waals surface area contributed by atoms with E-state index in [9.17, 15) is 10.2 Å². The minimum absolute atomic E-state index is 0.0348. The molecular weight excluding hydrogens is 266 g/mol. The highest BCUT2D eigenvalue weighted by Crippen LogP contribution is 2.30. The van der Waals surface area contributed by atoms with Crippen molar-refractivity contribution in [1.29, 1.82) is 0 Å². The molecule has 0 aromatic heterocycles. The molecule has 0 amide bonds. The molecule has 0 radical (unpaired) electrons. The fraction of sp³-hybridized carbons (Fsp3) is 0.647. The van der Waals surface area contributed by atoms with Crippen LogP contribution in [0.4, 0.5) is 0 Å². The van der Waals surface area contributed by atoms with Gasteiger partial charge in [0, 0.05) is 18.2 Å². The first-order chi connectivity index (χ1) is 10.0. The first-order valence-corrected chi connectivity index (χ1v) is 7.87. The highest BCUT2D eigenvalue weighted by atomic mass is 16.5. The Balaban J connectivity index is 1.99. The van der Waals surface area contributed by atoms with Crippen LogP contribution in [-0.4, -0.2) is 29.5 Å². The van der Waals surface area contributed by atoms with Crippen molar-refractivity contribution in [2.75, 3.05) is 13.7 Å². The summed E-state index contributed by atoms with van der Waals surface area (Å²) in [6.45, 7) is 2.55. The van der Waals surface area contributed by atoms with Gasteiger partial charge in [-0.25, -0.2) is 0 Å². The number of phenols is 1. The van der Waals surface area contributed by atoms with Crippen LogP contribution in [0.3, 0.4) is 0 Å². The van der Waals surface area contributed by atoms with E-state index in [4.69, 9.17) is 4.74 Å².